The molecule has 0 atom stereocenters. The summed E-state index contributed by atoms with van der Waals surface area (Å²) in [5, 5.41) is 17.1. The molecule has 1 aromatic rings. The highest BCUT2D eigenvalue weighted by atomic mass is 16.4. The molecule has 1 aromatic carbocycles. The molecule has 0 saturated heterocycles. The lowest BCUT2D eigenvalue weighted by Crippen LogP contribution is -2.07. The van der Waals surface area contributed by atoms with Gasteiger partial charge in [0.15, 0.2) is 0 Å². The first kappa shape index (κ1) is 8.26. The molecule has 0 saturated carbocycles. The Morgan fingerprint density at radius 2 is 1.75 bits per heavy atom. The average Bonchev–Trinajstić information content (AvgIpc) is 2.04. The highest BCUT2D eigenvalue weighted by molar-refractivity contribution is 6.01. The van der Waals surface area contributed by atoms with Crippen LogP contribution < -0.4 is 0 Å². The molecule has 0 spiro atoms. The van der Waals surface area contributed by atoms with Gasteiger partial charge >= 0.3 is 11.9 Å². The molecular weight excluding hydrogens is 160 g/mol. The first-order valence-electron chi connectivity index (χ1n) is 3.09. The molecule has 0 aliphatic carbocycles. The van der Waals surface area contributed by atoms with E-state index in [1.165, 1.54) is 12.1 Å². The van der Waals surface area contributed by atoms with E-state index in [1.54, 1.807) is 0 Å². The Morgan fingerprint density at radius 3 is 2.17 bits per heavy atom. The number of hydrogen-bond donors (Lipinski definition) is 2. The van der Waals surface area contributed by atoms with Crippen LogP contribution in [-0.4, -0.2) is 22.2 Å². The van der Waals surface area contributed by atoms with Crippen LogP contribution in [0.4, 0.5) is 0 Å². The van der Waals surface area contributed by atoms with E-state index in [0.29, 0.717) is 0 Å². The molecule has 61 valence electrons. The van der Waals surface area contributed by atoms with Crippen LogP contribution in [0.15, 0.2) is 18.2 Å². The van der Waals surface area contributed by atoms with Crippen molar-refractivity contribution in [3.63, 3.8) is 0 Å². The third-order valence-corrected chi connectivity index (χ3v) is 1.32. The van der Waals surface area contributed by atoms with E-state index in [1.807, 2.05) is 0 Å². The van der Waals surface area contributed by atoms with Crippen molar-refractivity contribution >= 4 is 11.9 Å². The maximum absolute atomic E-state index is 10.4. The molecule has 0 unspecified atom stereocenters. The molecule has 1 radical (unpaired) electrons. The van der Waals surface area contributed by atoms with E-state index in [0.717, 1.165) is 6.07 Å². The van der Waals surface area contributed by atoms with Crippen molar-refractivity contribution in [3.8, 4) is 0 Å². The lowest BCUT2D eigenvalue weighted by Gasteiger charge is -1.98. The van der Waals surface area contributed by atoms with E-state index in [9.17, 15) is 9.59 Å². The zero-order chi connectivity index (χ0) is 9.14. The summed E-state index contributed by atoms with van der Waals surface area (Å²) in [7, 11) is 0. The van der Waals surface area contributed by atoms with E-state index in [2.05, 4.69) is 6.07 Å². The Kier molecular flexibility index (Phi) is 2.09. The van der Waals surface area contributed by atoms with E-state index < -0.39 is 11.9 Å². The maximum Gasteiger partial charge on any atom is 0.336 e. The summed E-state index contributed by atoms with van der Waals surface area (Å²) in [6, 6.07) is 6.18. The number of carbonyl (C=O) groups is 2. The zero-order valence-electron chi connectivity index (χ0n) is 5.94. The number of hydrogen-bond acceptors (Lipinski definition) is 2. The van der Waals surface area contributed by atoms with Crippen LogP contribution >= 0.6 is 0 Å². The molecule has 0 heterocycles. The molecule has 0 aliphatic heterocycles. The maximum atomic E-state index is 10.4. The average molecular weight is 165 g/mol. The largest absolute Gasteiger partial charge is 0.478 e. The van der Waals surface area contributed by atoms with Crippen LogP contribution in [0.3, 0.4) is 0 Å². The van der Waals surface area contributed by atoms with Gasteiger partial charge in [0.1, 0.15) is 0 Å². The van der Waals surface area contributed by atoms with Crippen LogP contribution in [0.5, 0.6) is 0 Å². The molecule has 1 rings (SSSR count). The number of aromatic carboxylic acids is 2. The predicted octanol–water partition coefficient (Wildman–Crippen LogP) is 0.883. The Hall–Kier alpha value is -1.84. The molecule has 0 amide bonds. The normalized spacial score (nSPS) is 9.33. The summed E-state index contributed by atoms with van der Waals surface area (Å²) in [6.45, 7) is 0. The SMILES string of the molecule is O=C(O)c1c[c]ccc1C(=O)O. The number of carboxylic acid groups (broad SMARTS) is 2. The summed E-state index contributed by atoms with van der Waals surface area (Å²) < 4.78 is 0. The minimum Gasteiger partial charge on any atom is -0.478 e. The standard InChI is InChI=1S/C8H5O4/c9-7(10)5-3-1-2-4-6(5)8(11)12/h1,3-4H,(H,9,10)(H,11,12). The number of carboxylic acids is 2. The van der Waals surface area contributed by atoms with Gasteiger partial charge in [-0.1, -0.05) is 6.07 Å². The van der Waals surface area contributed by atoms with Crippen LogP contribution in [0.25, 0.3) is 0 Å². The second-order valence-electron chi connectivity index (χ2n) is 2.08. The van der Waals surface area contributed by atoms with Crippen LogP contribution in [-0.2, 0) is 0 Å². The van der Waals surface area contributed by atoms with Gasteiger partial charge in [0.2, 0.25) is 0 Å². The summed E-state index contributed by atoms with van der Waals surface area (Å²) in [4.78, 5) is 20.9. The van der Waals surface area contributed by atoms with Crippen LogP contribution in [0.2, 0.25) is 0 Å². The molecule has 12 heavy (non-hydrogen) atoms. The molecule has 0 bridgehead atoms. The van der Waals surface area contributed by atoms with Gasteiger partial charge in [-0.05, 0) is 18.2 Å². The van der Waals surface area contributed by atoms with Gasteiger partial charge in [0, 0.05) is 0 Å². The first-order chi connectivity index (χ1) is 5.63. The second-order valence-corrected chi connectivity index (χ2v) is 2.08. The fourth-order valence-electron chi connectivity index (χ4n) is 0.794. The highest BCUT2D eigenvalue weighted by Gasteiger charge is 2.13. The topological polar surface area (TPSA) is 74.6 Å². The van der Waals surface area contributed by atoms with Crippen molar-refractivity contribution < 1.29 is 19.8 Å². The minimum atomic E-state index is -1.26. The van der Waals surface area contributed by atoms with Crippen molar-refractivity contribution in [1.29, 1.82) is 0 Å². The molecule has 0 fully saturated rings. The summed E-state index contributed by atoms with van der Waals surface area (Å²) in [6.07, 6.45) is 0. The van der Waals surface area contributed by atoms with Gasteiger partial charge in [0.05, 0.1) is 11.1 Å². The lowest BCUT2D eigenvalue weighted by atomic mass is 10.1. The summed E-state index contributed by atoms with van der Waals surface area (Å²) >= 11 is 0. The number of rotatable bonds is 2. The van der Waals surface area contributed by atoms with Gasteiger partial charge < -0.3 is 10.2 Å². The van der Waals surface area contributed by atoms with Gasteiger partial charge in [-0.2, -0.15) is 0 Å². The van der Waals surface area contributed by atoms with Gasteiger partial charge in [0.25, 0.3) is 0 Å². The van der Waals surface area contributed by atoms with Crippen molar-refractivity contribution in [2.24, 2.45) is 0 Å². The third kappa shape index (κ3) is 1.42. The molecule has 4 nitrogen and oxygen atoms in total. The molecular formula is C8H5O4. The summed E-state index contributed by atoms with van der Waals surface area (Å²) in [5.41, 5.74) is -0.466. The Balaban J connectivity index is 3.27. The monoisotopic (exact) mass is 165 g/mol. The van der Waals surface area contributed by atoms with Crippen LogP contribution in [0, 0.1) is 6.07 Å². The van der Waals surface area contributed by atoms with Gasteiger partial charge in [-0.15, -0.1) is 0 Å². The van der Waals surface area contributed by atoms with Crippen molar-refractivity contribution in [3.05, 3.63) is 35.4 Å². The van der Waals surface area contributed by atoms with Crippen LogP contribution in [0.1, 0.15) is 20.7 Å². The Labute approximate surface area is 68.1 Å². The van der Waals surface area contributed by atoms with Crippen molar-refractivity contribution in [2.45, 2.75) is 0 Å². The Bertz CT molecular complexity index is 297. The fourth-order valence-corrected chi connectivity index (χ4v) is 0.794. The van der Waals surface area contributed by atoms with Gasteiger partial charge in [-0.25, -0.2) is 9.59 Å². The fraction of sp³-hybridized carbons (Fsp3) is 0. The predicted molar refractivity (Wildman–Crippen MR) is 39.2 cm³/mol. The zero-order valence-corrected chi connectivity index (χ0v) is 5.94. The molecule has 2 N–H and O–H groups in total. The lowest BCUT2D eigenvalue weighted by molar-refractivity contribution is 0.0651. The summed E-state index contributed by atoms with van der Waals surface area (Å²) in [5.74, 6) is -2.51. The highest BCUT2D eigenvalue weighted by Crippen LogP contribution is 2.07. The van der Waals surface area contributed by atoms with E-state index in [4.69, 9.17) is 10.2 Å². The van der Waals surface area contributed by atoms with E-state index in [-0.39, 0.29) is 11.1 Å². The number of benzene rings is 1. The van der Waals surface area contributed by atoms with E-state index >= 15 is 0 Å². The van der Waals surface area contributed by atoms with Crippen molar-refractivity contribution in [1.82, 2.24) is 0 Å². The van der Waals surface area contributed by atoms with Gasteiger partial charge in [-0.3, -0.25) is 0 Å². The minimum absolute atomic E-state index is 0.221. The second kappa shape index (κ2) is 3.04. The van der Waals surface area contributed by atoms with Crippen molar-refractivity contribution in [2.75, 3.05) is 0 Å². The third-order valence-electron chi connectivity index (χ3n) is 1.32. The molecule has 0 aliphatic rings. The molecule has 0 aromatic heterocycles. The molecule has 4 heteroatoms. The first-order valence-corrected chi connectivity index (χ1v) is 3.09. The Morgan fingerprint density at radius 1 is 1.17 bits per heavy atom. The smallest absolute Gasteiger partial charge is 0.336 e. The quantitative estimate of drug-likeness (QED) is 0.682.